The Morgan fingerprint density at radius 3 is 2.77 bits per heavy atom. The fourth-order valence-electron chi connectivity index (χ4n) is 6.15. The van der Waals surface area contributed by atoms with Crippen LogP contribution in [0.5, 0.6) is 0 Å². The molecule has 0 bridgehead atoms. The van der Waals surface area contributed by atoms with Crippen molar-refractivity contribution in [3.8, 4) is 0 Å². The van der Waals surface area contributed by atoms with Crippen molar-refractivity contribution in [2.75, 3.05) is 18.6 Å². The maximum atomic E-state index is 11.3. The van der Waals surface area contributed by atoms with E-state index in [1.165, 1.54) is 43.1 Å². The minimum atomic E-state index is -2.92. The molecule has 1 N–H and O–H groups in total. The molecule has 3 fully saturated rings. The van der Waals surface area contributed by atoms with E-state index in [4.69, 9.17) is 4.74 Å². The Labute approximate surface area is 183 Å². The highest BCUT2D eigenvalue weighted by atomic mass is 32.2. The van der Waals surface area contributed by atoms with Crippen LogP contribution < -0.4 is 0 Å². The summed E-state index contributed by atoms with van der Waals surface area (Å²) in [6.07, 6.45) is 14.8. The summed E-state index contributed by atoms with van der Waals surface area (Å²) in [6, 6.07) is 0. The molecule has 3 aliphatic rings. The quantitative estimate of drug-likeness (QED) is 0.571. The molecule has 0 amide bonds. The first kappa shape index (κ1) is 23.7. The number of allylic oxidation sites excluding steroid dienone is 4. The van der Waals surface area contributed by atoms with Crippen LogP contribution in [0.1, 0.15) is 71.6 Å². The summed E-state index contributed by atoms with van der Waals surface area (Å²) in [7, 11) is -2.92. The van der Waals surface area contributed by atoms with E-state index in [0.717, 1.165) is 25.7 Å². The van der Waals surface area contributed by atoms with Crippen molar-refractivity contribution in [2.45, 2.75) is 83.8 Å². The van der Waals surface area contributed by atoms with Gasteiger partial charge in [-0.15, -0.1) is 0 Å². The molecule has 170 valence electrons. The lowest BCUT2D eigenvalue weighted by molar-refractivity contribution is -0.0244. The summed E-state index contributed by atoms with van der Waals surface area (Å²) >= 11 is 0. The molecule has 0 radical (unpaired) electrons. The van der Waals surface area contributed by atoms with Crippen molar-refractivity contribution in [1.82, 2.24) is 0 Å². The number of aliphatic hydroxyl groups is 1. The van der Waals surface area contributed by atoms with Crippen LogP contribution >= 0.6 is 0 Å². The average Bonchev–Trinajstić information content (AvgIpc) is 3.02. The molecule has 3 aliphatic carbocycles. The van der Waals surface area contributed by atoms with E-state index in [1.807, 2.05) is 0 Å². The van der Waals surface area contributed by atoms with Crippen LogP contribution in [0.2, 0.25) is 0 Å². The molecule has 0 aromatic carbocycles. The maximum absolute atomic E-state index is 11.3. The van der Waals surface area contributed by atoms with Gasteiger partial charge in [0, 0.05) is 12.9 Å². The van der Waals surface area contributed by atoms with Gasteiger partial charge in [-0.05, 0) is 87.5 Å². The van der Waals surface area contributed by atoms with Crippen molar-refractivity contribution in [2.24, 2.45) is 17.3 Å². The monoisotopic (exact) mass is 436 g/mol. The maximum Gasteiger partial charge on any atom is 0.147 e. The Hall–Kier alpha value is -0.910. The largest absolute Gasteiger partial charge is 0.393 e. The van der Waals surface area contributed by atoms with E-state index in [2.05, 4.69) is 32.6 Å². The Kier molecular flexibility index (Phi) is 7.68. The molecule has 0 spiro atoms. The van der Waals surface area contributed by atoms with E-state index in [-0.39, 0.29) is 23.4 Å². The zero-order valence-corrected chi connectivity index (χ0v) is 19.8. The smallest absolute Gasteiger partial charge is 0.147 e. The fraction of sp³-hybridized carbons (Fsp3) is 0.760. The minimum Gasteiger partial charge on any atom is -0.393 e. The third-order valence-electron chi connectivity index (χ3n) is 7.83. The zero-order chi connectivity index (χ0) is 21.9. The average molecular weight is 437 g/mol. The highest BCUT2D eigenvalue weighted by molar-refractivity contribution is 7.90. The van der Waals surface area contributed by atoms with Crippen molar-refractivity contribution < 1.29 is 18.3 Å². The van der Waals surface area contributed by atoms with Crippen LogP contribution in [0, 0.1) is 17.3 Å². The van der Waals surface area contributed by atoms with Crippen LogP contribution in [0.3, 0.4) is 0 Å². The number of hydrogen-bond acceptors (Lipinski definition) is 4. The second-order valence-corrected chi connectivity index (χ2v) is 12.3. The van der Waals surface area contributed by atoms with E-state index in [0.29, 0.717) is 24.9 Å². The molecular formula is C25H40O4S. The van der Waals surface area contributed by atoms with Crippen molar-refractivity contribution in [1.29, 1.82) is 0 Å². The summed E-state index contributed by atoms with van der Waals surface area (Å²) in [5.41, 5.74) is 4.19. The topological polar surface area (TPSA) is 63.6 Å². The molecule has 3 rings (SSSR count). The van der Waals surface area contributed by atoms with Gasteiger partial charge in [-0.1, -0.05) is 36.8 Å². The van der Waals surface area contributed by atoms with Gasteiger partial charge in [0.25, 0.3) is 0 Å². The van der Waals surface area contributed by atoms with E-state index >= 15 is 0 Å². The van der Waals surface area contributed by atoms with Gasteiger partial charge in [-0.2, -0.15) is 0 Å². The molecule has 0 aromatic heterocycles. The molecular weight excluding hydrogens is 396 g/mol. The summed E-state index contributed by atoms with van der Waals surface area (Å²) in [6.45, 7) is 9.33. The molecule has 5 atom stereocenters. The van der Waals surface area contributed by atoms with Gasteiger partial charge in [-0.3, -0.25) is 0 Å². The Morgan fingerprint density at radius 2 is 2.03 bits per heavy atom. The third kappa shape index (κ3) is 5.66. The Bertz CT molecular complexity index is 794. The standard InChI is InChI=1S/C25H40O4S/c1-18-8-11-22(26)17-21(18)10-9-20-7-5-14-25(3)23(12-13-24(20)25)19(2)29-15-6-16-30(4,27)28/h9-10,19,22-24,26H,1,5-8,11-17H2,2-4H3/b20-9+,21-10-/t19-,22?,23-,24+,25-/m1/s1. The van der Waals surface area contributed by atoms with Gasteiger partial charge in [0.1, 0.15) is 9.84 Å². The summed E-state index contributed by atoms with van der Waals surface area (Å²) in [5.74, 6) is 1.31. The first-order valence-corrected chi connectivity index (χ1v) is 13.7. The lowest BCUT2D eigenvalue weighted by Gasteiger charge is -2.44. The number of aliphatic hydroxyl groups excluding tert-OH is 1. The lowest BCUT2D eigenvalue weighted by atomic mass is 9.62. The van der Waals surface area contributed by atoms with Crippen LogP contribution in [0.4, 0.5) is 0 Å². The van der Waals surface area contributed by atoms with Crippen molar-refractivity contribution in [3.63, 3.8) is 0 Å². The van der Waals surface area contributed by atoms with Gasteiger partial charge < -0.3 is 9.84 Å². The van der Waals surface area contributed by atoms with Crippen LogP contribution in [-0.2, 0) is 14.6 Å². The van der Waals surface area contributed by atoms with Crippen LogP contribution in [0.15, 0.2) is 35.5 Å². The second kappa shape index (κ2) is 9.70. The number of rotatable bonds is 7. The highest BCUT2D eigenvalue weighted by Gasteiger charge is 2.51. The van der Waals surface area contributed by atoms with Crippen LogP contribution in [0.25, 0.3) is 0 Å². The van der Waals surface area contributed by atoms with E-state index in [9.17, 15) is 13.5 Å². The molecule has 5 heteroatoms. The normalized spacial score (nSPS) is 36.3. The highest BCUT2D eigenvalue weighted by Crippen LogP contribution is 2.58. The van der Waals surface area contributed by atoms with Gasteiger partial charge in [0.05, 0.1) is 18.0 Å². The third-order valence-corrected chi connectivity index (χ3v) is 8.86. The minimum absolute atomic E-state index is 0.158. The SMILES string of the molecule is C=C1CCC(O)C/C1=C/C=C1\CCC[C@]2(C)[C@@H]([C@@H](C)OCCCS(C)(=O)=O)CC[C@@H]12. The van der Waals surface area contributed by atoms with Crippen molar-refractivity contribution >= 4 is 9.84 Å². The molecule has 30 heavy (non-hydrogen) atoms. The predicted octanol–water partition coefficient (Wildman–Crippen LogP) is 5.00. The lowest BCUT2D eigenvalue weighted by Crippen LogP contribution is -2.38. The first-order valence-electron chi connectivity index (χ1n) is 11.7. The van der Waals surface area contributed by atoms with Gasteiger partial charge in [0.15, 0.2) is 0 Å². The molecule has 0 heterocycles. The molecule has 0 aliphatic heterocycles. The predicted molar refractivity (Wildman–Crippen MR) is 123 cm³/mol. The number of sulfone groups is 1. The van der Waals surface area contributed by atoms with E-state index in [1.54, 1.807) is 5.57 Å². The molecule has 4 nitrogen and oxygen atoms in total. The number of hydrogen-bond donors (Lipinski definition) is 1. The Morgan fingerprint density at radius 1 is 1.27 bits per heavy atom. The van der Waals surface area contributed by atoms with Gasteiger partial charge in [-0.25, -0.2) is 8.42 Å². The molecule has 0 aromatic rings. The molecule has 0 saturated heterocycles. The summed E-state index contributed by atoms with van der Waals surface area (Å²) in [4.78, 5) is 0. The van der Waals surface area contributed by atoms with Gasteiger partial charge >= 0.3 is 0 Å². The van der Waals surface area contributed by atoms with E-state index < -0.39 is 9.84 Å². The fourth-order valence-corrected chi connectivity index (χ4v) is 6.79. The van der Waals surface area contributed by atoms with Crippen LogP contribution in [-0.4, -0.2) is 44.3 Å². The summed E-state index contributed by atoms with van der Waals surface area (Å²) < 4.78 is 28.8. The summed E-state index contributed by atoms with van der Waals surface area (Å²) in [5, 5.41) is 10.0. The second-order valence-electron chi connectivity index (χ2n) is 10.1. The van der Waals surface area contributed by atoms with Gasteiger partial charge in [0.2, 0.25) is 0 Å². The molecule has 1 unspecified atom stereocenters. The zero-order valence-electron chi connectivity index (χ0n) is 19.0. The number of ether oxygens (including phenoxy) is 1. The molecule has 3 saturated carbocycles. The number of fused-ring (bicyclic) bond motifs is 1. The van der Waals surface area contributed by atoms with Crippen molar-refractivity contribution in [3.05, 3.63) is 35.5 Å². The Balaban J connectivity index is 1.65. The first-order chi connectivity index (χ1) is 14.1.